The SMILES string of the molecule is COc1ccc(CCC(=O)OCC(=O)Nc2sc3c(c2C(N)=O)CCCC3)cc1OC. The molecule has 0 saturated heterocycles. The molecule has 3 N–H and O–H groups in total. The van der Waals surface area contributed by atoms with Crippen LogP contribution in [0, 0.1) is 0 Å². The van der Waals surface area contributed by atoms with Crippen LogP contribution < -0.4 is 20.5 Å². The Morgan fingerprint density at radius 2 is 1.84 bits per heavy atom. The summed E-state index contributed by atoms with van der Waals surface area (Å²) in [6.45, 7) is -0.425. The number of anilines is 1. The molecule has 1 heterocycles. The molecule has 0 aliphatic heterocycles. The van der Waals surface area contributed by atoms with Crippen molar-refractivity contribution in [1.82, 2.24) is 0 Å². The number of primary amides is 1. The van der Waals surface area contributed by atoms with E-state index in [1.165, 1.54) is 11.3 Å². The molecule has 1 aliphatic carbocycles. The first-order valence-electron chi connectivity index (χ1n) is 10.0. The highest BCUT2D eigenvalue weighted by atomic mass is 32.1. The Morgan fingerprint density at radius 3 is 2.55 bits per heavy atom. The van der Waals surface area contributed by atoms with Gasteiger partial charge in [-0.2, -0.15) is 0 Å². The molecule has 0 bridgehead atoms. The zero-order valence-corrected chi connectivity index (χ0v) is 18.4. The Kier molecular flexibility index (Phi) is 7.51. The predicted molar refractivity (Wildman–Crippen MR) is 117 cm³/mol. The summed E-state index contributed by atoms with van der Waals surface area (Å²) in [7, 11) is 3.10. The number of fused-ring (bicyclic) bond motifs is 1. The minimum absolute atomic E-state index is 0.114. The van der Waals surface area contributed by atoms with Gasteiger partial charge in [0.05, 0.1) is 19.8 Å². The maximum Gasteiger partial charge on any atom is 0.306 e. The third kappa shape index (κ3) is 5.55. The van der Waals surface area contributed by atoms with Crippen LogP contribution in [-0.4, -0.2) is 38.6 Å². The molecule has 31 heavy (non-hydrogen) atoms. The molecule has 1 aliphatic rings. The number of aryl methyl sites for hydroxylation is 2. The normalized spacial score (nSPS) is 12.6. The van der Waals surface area contributed by atoms with Crippen LogP contribution in [0.15, 0.2) is 18.2 Å². The Labute approximate surface area is 184 Å². The second-order valence-electron chi connectivity index (χ2n) is 7.18. The van der Waals surface area contributed by atoms with Gasteiger partial charge in [0.25, 0.3) is 11.8 Å². The van der Waals surface area contributed by atoms with E-state index < -0.39 is 24.4 Å². The van der Waals surface area contributed by atoms with Gasteiger partial charge in [0.15, 0.2) is 18.1 Å². The van der Waals surface area contributed by atoms with Crippen molar-refractivity contribution in [1.29, 1.82) is 0 Å². The van der Waals surface area contributed by atoms with Crippen LogP contribution >= 0.6 is 11.3 Å². The third-order valence-corrected chi connectivity index (χ3v) is 6.31. The van der Waals surface area contributed by atoms with Gasteiger partial charge in [0.2, 0.25) is 0 Å². The van der Waals surface area contributed by atoms with Crippen LogP contribution in [0.1, 0.15) is 45.6 Å². The van der Waals surface area contributed by atoms with E-state index in [1.807, 2.05) is 6.07 Å². The predicted octanol–water partition coefficient (Wildman–Crippen LogP) is 2.86. The van der Waals surface area contributed by atoms with Gasteiger partial charge in [0, 0.05) is 11.3 Å². The first-order valence-corrected chi connectivity index (χ1v) is 10.8. The second kappa shape index (κ2) is 10.3. The Morgan fingerprint density at radius 1 is 1.10 bits per heavy atom. The molecule has 1 aromatic carbocycles. The van der Waals surface area contributed by atoms with E-state index in [0.717, 1.165) is 41.7 Å². The van der Waals surface area contributed by atoms with E-state index in [0.29, 0.717) is 28.5 Å². The number of ether oxygens (including phenoxy) is 3. The number of esters is 1. The van der Waals surface area contributed by atoms with E-state index in [-0.39, 0.29) is 6.42 Å². The number of nitrogens with two attached hydrogens (primary N) is 1. The van der Waals surface area contributed by atoms with Crippen molar-refractivity contribution in [2.75, 3.05) is 26.1 Å². The number of carbonyl (C=O) groups excluding carboxylic acids is 3. The Hall–Kier alpha value is -3.07. The summed E-state index contributed by atoms with van der Waals surface area (Å²) in [4.78, 5) is 37.3. The van der Waals surface area contributed by atoms with E-state index in [4.69, 9.17) is 19.9 Å². The lowest BCUT2D eigenvalue weighted by molar-refractivity contribution is -0.147. The summed E-state index contributed by atoms with van der Waals surface area (Å²) < 4.78 is 15.5. The summed E-state index contributed by atoms with van der Waals surface area (Å²) in [5.41, 5.74) is 7.73. The molecular weight excluding hydrogens is 420 g/mol. The average Bonchev–Trinajstić information content (AvgIpc) is 3.13. The minimum Gasteiger partial charge on any atom is -0.493 e. The van der Waals surface area contributed by atoms with Crippen molar-refractivity contribution >= 4 is 34.1 Å². The first-order chi connectivity index (χ1) is 14.9. The molecule has 8 nitrogen and oxygen atoms in total. The van der Waals surface area contributed by atoms with Gasteiger partial charge in [-0.1, -0.05) is 6.07 Å². The van der Waals surface area contributed by atoms with Crippen molar-refractivity contribution < 1.29 is 28.6 Å². The van der Waals surface area contributed by atoms with Gasteiger partial charge in [0.1, 0.15) is 5.00 Å². The molecule has 9 heteroatoms. The van der Waals surface area contributed by atoms with Gasteiger partial charge in [-0.25, -0.2) is 0 Å². The summed E-state index contributed by atoms with van der Waals surface area (Å²) in [6, 6.07) is 5.40. The number of rotatable bonds is 9. The molecule has 3 rings (SSSR count). The van der Waals surface area contributed by atoms with Gasteiger partial charge < -0.3 is 25.3 Å². The number of carbonyl (C=O) groups is 3. The van der Waals surface area contributed by atoms with Crippen molar-refractivity contribution in [3.8, 4) is 11.5 Å². The molecule has 1 aromatic heterocycles. The molecule has 0 fully saturated rings. The van der Waals surface area contributed by atoms with Crippen molar-refractivity contribution in [2.45, 2.75) is 38.5 Å². The number of amides is 2. The average molecular weight is 447 g/mol. The quantitative estimate of drug-likeness (QED) is 0.572. The number of hydrogen-bond acceptors (Lipinski definition) is 7. The highest BCUT2D eigenvalue weighted by Gasteiger charge is 2.25. The number of methoxy groups -OCH3 is 2. The van der Waals surface area contributed by atoms with Gasteiger partial charge >= 0.3 is 5.97 Å². The lowest BCUT2D eigenvalue weighted by Gasteiger charge is -2.11. The molecule has 0 unspecified atom stereocenters. The van der Waals surface area contributed by atoms with E-state index >= 15 is 0 Å². The standard InChI is InChI=1S/C22H26N2O6S/c1-28-15-9-7-13(11-16(15)29-2)8-10-19(26)30-12-18(25)24-22-20(21(23)27)14-5-3-4-6-17(14)31-22/h7,9,11H,3-6,8,10,12H2,1-2H3,(H2,23,27)(H,24,25). The molecule has 2 amide bonds. The highest BCUT2D eigenvalue weighted by molar-refractivity contribution is 7.17. The van der Waals surface area contributed by atoms with Crippen LogP contribution in [0.2, 0.25) is 0 Å². The van der Waals surface area contributed by atoms with Crippen molar-refractivity contribution in [2.24, 2.45) is 5.73 Å². The lowest BCUT2D eigenvalue weighted by atomic mass is 9.95. The largest absolute Gasteiger partial charge is 0.493 e. The summed E-state index contributed by atoms with van der Waals surface area (Å²) in [6.07, 6.45) is 4.26. The van der Waals surface area contributed by atoms with Crippen LogP contribution in [0.25, 0.3) is 0 Å². The maximum atomic E-state index is 12.3. The monoisotopic (exact) mass is 446 g/mol. The minimum atomic E-state index is -0.554. The molecule has 0 saturated carbocycles. The van der Waals surface area contributed by atoms with Gasteiger partial charge in [-0.15, -0.1) is 11.3 Å². The summed E-state index contributed by atoms with van der Waals surface area (Å²) in [5, 5.41) is 3.11. The second-order valence-corrected chi connectivity index (χ2v) is 8.28. The van der Waals surface area contributed by atoms with Crippen molar-refractivity contribution in [3.05, 3.63) is 39.8 Å². The van der Waals surface area contributed by atoms with Crippen LogP contribution in [-0.2, 0) is 33.6 Å². The van der Waals surface area contributed by atoms with Crippen molar-refractivity contribution in [3.63, 3.8) is 0 Å². The Bertz CT molecular complexity index is 985. The maximum absolute atomic E-state index is 12.3. The zero-order chi connectivity index (χ0) is 22.4. The zero-order valence-electron chi connectivity index (χ0n) is 17.6. The highest BCUT2D eigenvalue weighted by Crippen LogP contribution is 2.37. The number of benzene rings is 1. The molecule has 166 valence electrons. The summed E-state index contributed by atoms with van der Waals surface area (Å²) in [5.74, 6) is -0.361. The Balaban J connectivity index is 1.52. The van der Waals surface area contributed by atoms with Gasteiger partial charge in [-0.05, 0) is 55.4 Å². The lowest BCUT2D eigenvalue weighted by Crippen LogP contribution is -2.23. The fraction of sp³-hybridized carbons (Fsp3) is 0.409. The molecule has 0 spiro atoms. The van der Waals surface area contributed by atoms with Gasteiger partial charge in [-0.3, -0.25) is 14.4 Å². The smallest absolute Gasteiger partial charge is 0.306 e. The topological polar surface area (TPSA) is 117 Å². The third-order valence-electron chi connectivity index (χ3n) is 5.10. The molecule has 0 atom stereocenters. The van der Waals surface area contributed by atoms with E-state index in [2.05, 4.69) is 5.32 Å². The van der Waals surface area contributed by atoms with E-state index in [9.17, 15) is 14.4 Å². The number of hydrogen-bond donors (Lipinski definition) is 2. The molecular formula is C22H26N2O6S. The van der Waals surface area contributed by atoms with Crippen LogP contribution in [0.3, 0.4) is 0 Å². The van der Waals surface area contributed by atoms with Crippen LogP contribution in [0.5, 0.6) is 11.5 Å². The van der Waals surface area contributed by atoms with Crippen LogP contribution in [0.4, 0.5) is 5.00 Å². The fourth-order valence-corrected chi connectivity index (χ4v) is 4.89. The summed E-state index contributed by atoms with van der Waals surface area (Å²) >= 11 is 1.37. The van der Waals surface area contributed by atoms with E-state index in [1.54, 1.807) is 26.4 Å². The molecule has 0 radical (unpaired) electrons. The number of nitrogens with one attached hydrogen (secondary N) is 1. The fourth-order valence-electron chi connectivity index (χ4n) is 3.58. The number of thiophene rings is 1. The molecule has 2 aromatic rings. The first kappa shape index (κ1) is 22.6.